The minimum absolute atomic E-state index is 0.000414. The fourth-order valence-corrected chi connectivity index (χ4v) is 2.54. The summed E-state index contributed by atoms with van der Waals surface area (Å²) in [4.78, 5) is 13.6. The number of carbonyl (C=O) groups excluding carboxylic acids is 1. The van der Waals surface area contributed by atoms with Crippen LogP contribution in [0.25, 0.3) is 0 Å². The van der Waals surface area contributed by atoms with Gasteiger partial charge in [-0.2, -0.15) is 0 Å². The summed E-state index contributed by atoms with van der Waals surface area (Å²) in [6.07, 6.45) is 2.69. The van der Waals surface area contributed by atoms with Gasteiger partial charge in [0, 0.05) is 6.04 Å². The molecule has 0 saturated heterocycles. The first-order chi connectivity index (χ1) is 8.00. The van der Waals surface area contributed by atoms with E-state index < -0.39 is 5.91 Å². The predicted octanol–water partition coefficient (Wildman–Crippen LogP) is 0.910. The van der Waals surface area contributed by atoms with Gasteiger partial charge in [-0.05, 0) is 50.6 Å². The van der Waals surface area contributed by atoms with Crippen LogP contribution in [0.5, 0.6) is 5.75 Å². The lowest BCUT2D eigenvalue weighted by atomic mass is 9.84. The zero-order valence-corrected chi connectivity index (χ0v) is 10.2. The number of fused-ring (bicyclic) bond motifs is 1. The van der Waals surface area contributed by atoms with E-state index in [2.05, 4.69) is 19.0 Å². The number of aromatic hydroxyl groups is 1. The Balaban J connectivity index is 2.42. The monoisotopic (exact) mass is 234 g/mol. The van der Waals surface area contributed by atoms with Crippen LogP contribution >= 0.6 is 0 Å². The van der Waals surface area contributed by atoms with Crippen molar-refractivity contribution < 1.29 is 9.90 Å². The van der Waals surface area contributed by atoms with Crippen molar-refractivity contribution in [2.75, 3.05) is 14.1 Å². The molecule has 0 aliphatic heterocycles. The maximum atomic E-state index is 11.4. The van der Waals surface area contributed by atoms with Crippen LogP contribution < -0.4 is 5.73 Å². The van der Waals surface area contributed by atoms with E-state index in [1.165, 1.54) is 0 Å². The second-order valence-corrected chi connectivity index (χ2v) is 4.82. The molecular weight excluding hydrogens is 216 g/mol. The highest BCUT2D eigenvalue weighted by molar-refractivity contribution is 5.97. The number of hydrogen-bond donors (Lipinski definition) is 2. The summed E-state index contributed by atoms with van der Waals surface area (Å²) in [5, 5.41) is 9.70. The lowest BCUT2D eigenvalue weighted by Gasteiger charge is -2.30. The minimum Gasteiger partial charge on any atom is -0.507 e. The molecule has 0 fully saturated rings. The number of benzene rings is 1. The van der Waals surface area contributed by atoms with Gasteiger partial charge in [0.05, 0.1) is 5.56 Å². The Hall–Kier alpha value is -1.55. The number of hydrogen-bond acceptors (Lipinski definition) is 3. The Morgan fingerprint density at radius 2 is 2.18 bits per heavy atom. The summed E-state index contributed by atoms with van der Waals surface area (Å²) in [5.74, 6) is -0.540. The van der Waals surface area contributed by atoms with E-state index in [1.807, 2.05) is 6.07 Å². The van der Waals surface area contributed by atoms with Crippen LogP contribution in [0.1, 0.15) is 27.9 Å². The van der Waals surface area contributed by atoms with Gasteiger partial charge in [0.25, 0.3) is 5.91 Å². The van der Waals surface area contributed by atoms with E-state index in [9.17, 15) is 9.90 Å². The van der Waals surface area contributed by atoms with E-state index in [-0.39, 0.29) is 5.75 Å². The standard InChI is InChI=1S/C13H18N2O2/c1-15(2)9-4-5-10-8(7-9)3-6-11(16)12(10)13(14)17/h3,6,9,16H,4-5,7H2,1-2H3,(H2,14,17). The van der Waals surface area contributed by atoms with Gasteiger partial charge in [0.2, 0.25) is 0 Å². The number of nitrogens with two attached hydrogens (primary N) is 1. The molecule has 1 aromatic carbocycles. The summed E-state index contributed by atoms with van der Waals surface area (Å²) in [7, 11) is 4.12. The van der Waals surface area contributed by atoms with Crippen LogP contribution in [-0.4, -0.2) is 36.1 Å². The van der Waals surface area contributed by atoms with E-state index in [1.54, 1.807) is 6.07 Å². The molecule has 1 atom stereocenters. The topological polar surface area (TPSA) is 66.6 Å². The van der Waals surface area contributed by atoms with Crippen LogP contribution in [0.3, 0.4) is 0 Å². The Labute approximate surface area is 101 Å². The number of rotatable bonds is 2. The molecule has 2 rings (SSSR count). The molecule has 3 N–H and O–H groups in total. The highest BCUT2D eigenvalue weighted by Gasteiger charge is 2.25. The third-order valence-electron chi connectivity index (χ3n) is 3.55. The van der Waals surface area contributed by atoms with Gasteiger partial charge < -0.3 is 15.7 Å². The van der Waals surface area contributed by atoms with Crippen molar-refractivity contribution in [3.05, 3.63) is 28.8 Å². The average Bonchev–Trinajstić information content (AvgIpc) is 2.27. The maximum absolute atomic E-state index is 11.4. The van der Waals surface area contributed by atoms with Gasteiger partial charge in [0.1, 0.15) is 5.75 Å². The van der Waals surface area contributed by atoms with Gasteiger partial charge in [0.15, 0.2) is 0 Å². The molecule has 0 bridgehead atoms. The molecule has 4 heteroatoms. The largest absolute Gasteiger partial charge is 0.507 e. The molecule has 17 heavy (non-hydrogen) atoms. The summed E-state index contributed by atoms with van der Waals surface area (Å²) in [6.45, 7) is 0. The molecule has 0 aromatic heterocycles. The highest BCUT2D eigenvalue weighted by Crippen LogP contribution is 2.31. The zero-order valence-electron chi connectivity index (χ0n) is 10.2. The number of likely N-dealkylation sites (N-methyl/N-ethyl adjacent to an activating group) is 1. The summed E-state index contributed by atoms with van der Waals surface area (Å²) >= 11 is 0. The predicted molar refractivity (Wildman–Crippen MR) is 66.1 cm³/mol. The molecule has 92 valence electrons. The molecule has 1 aromatic rings. The fourth-order valence-electron chi connectivity index (χ4n) is 2.54. The summed E-state index contributed by atoms with van der Waals surface area (Å²) in [5.41, 5.74) is 7.68. The van der Waals surface area contributed by atoms with Crippen LogP contribution in [-0.2, 0) is 12.8 Å². The Morgan fingerprint density at radius 1 is 1.47 bits per heavy atom. The number of carbonyl (C=O) groups is 1. The molecule has 0 saturated carbocycles. The van der Waals surface area contributed by atoms with Crippen LogP contribution in [0.15, 0.2) is 12.1 Å². The molecule has 0 spiro atoms. The number of nitrogens with zero attached hydrogens (tertiary/aromatic N) is 1. The molecule has 1 aliphatic carbocycles. The Morgan fingerprint density at radius 3 is 2.76 bits per heavy atom. The number of amides is 1. The average molecular weight is 234 g/mol. The Bertz CT molecular complexity index is 455. The highest BCUT2D eigenvalue weighted by atomic mass is 16.3. The quantitative estimate of drug-likeness (QED) is 0.799. The zero-order chi connectivity index (χ0) is 12.6. The first-order valence-electron chi connectivity index (χ1n) is 5.80. The van der Waals surface area contributed by atoms with Crippen molar-refractivity contribution in [1.29, 1.82) is 0 Å². The summed E-state index contributed by atoms with van der Waals surface area (Å²) in [6, 6.07) is 3.96. The molecule has 1 unspecified atom stereocenters. The number of phenols is 1. The van der Waals surface area contributed by atoms with E-state index in [0.717, 1.165) is 30.4 Å². The first-order valence-corrected chi connectivity index (χ1v) is 5.80. The molecule has 1 amide bonds. The lowest BCUT2D eigenvalue weighted by Crippen LogP contribution is -2.34. The normalized spacial score (nSPS) is 19.1. The van der Waals surface area contributed by atoms with Crippen LogP contribution in [0.2, 0.25) is 0 Å². The van der Waals surface area contributed by atoms with Gasteiger partial charge in [-0.15, -0.1) is 0 Å². The van der Waals surface area contributed by atoms with Crippen molar-refractivity contribution in [3.63, 3.8) is 0 Å². The van der Waals surface area contributed by atoms with E-state index in [0.29, 0.717) is 11.6 Å². The second kappa shape index (κ2) is 4.37. The fraction of sp³-hybridized carbons (Fsp3) is 0.462. The smallest absolute Gasteiger partial charge is 0.252 e. The van der Waals surface area contributed by atoms with Gasteiger partial charge in [-0.3, -0.25) is 4.79 Å². The third-order valence-corrected chi connectivity index (χ3v) is 3.55. The maximum Gasteiger partial charge on any atom is 0.252 e. The third kappa shape index (κ3) is 2.13. The molecule has 0 heterocycles. The van der Waals surface area contributed by atoms with Gasteiger partial charge >= 0.3 is 0 Å². The van der Waals surface area contributed by atoms with E-state index >= 15 is 0 Å². The van der Waals surface area contributed by atoms with Crippen molar-refractivity contribution in [3.8, 4) is 5.75 Å². The molecule has 1 aliphatic rings. The van der Waals surface area contributed by atoms with Gasteiger partial charge in [-0.1, -0.05) is 6.07 Å². The van der Waals surface area contributed by atoms with Crippen molar-refractivity contribution in [2.24, 2.45) is 5.73 Å². The summed E-state index contributed by atoms with van der Waals surface area (Å²) < 4.78 is 0. The van der Waals surface area contributed by atoms with Crippen molar-refractivity contribution in [1.82, 2.24) is 4.90 Å². The molecule has 0 radical (unpaired) electrons. The Kier molecular flexibility index (Phi) is 3.07. The molecule has 4 nitrogen and oxygen atoms in total. The first kappa shape index (κ1) is 11.9. The molecular formula is C13H18N2O2. The van der Waals surface area contributed by atoms with E-state index in [4.69, 9.17) is 5.73 Å². The van der Waals surface area contributed by atoms with Crippen LogP contribution in [0.4, 0.5) is 0 Å². The van der Waals surface area contributed by atoms with Gasteiger partial charge in [-0.25, -0.2) is 0 Å². The van der Waals surface area contributed by atoms with Crippen molar-refractivity contribution in [2.45, 2.75) is 25.3 Å². The lowest BCUT2D eigenvalue weighted by molar-refractivity contribution is 0.0996. The SMILES string of the molecule is CN(C)C1CCc2c(ccc(O)c2C(N)=O)C1. The number of primary amides is 1. The van der Waals surface area contributed by atoms with Crippen molar-refractivity contribution >= 4 is 5.91 Å². The second-order valence-electron chi connectivity index (χ2n) is 4.82. The van der Waals surface area contributed by atoms with Crippen LogP contribution in [0, 0.1) is 0 Å². The minimum atomic E-state index is -0.539.